The highest BCUT2D eigenvalue weighted by Crippen LogP contribution is 2.20. The van der Waals surface area contributed by atoms with Crippen molar-refractivity contribution in [2.75, 3.05) is 11.2 Å². The number of anilines is 1. The molecule has 18 heavy (non-hydrogen) atoms. The molecule has 1 heterocycles. The molecule has 1 amide bonds. The lowest BCUT2D eigenvalue weighted by Gasteiger charge is -2.13. The largest absolute Gasteiger partial charge is 0.324 e. The van der Waals surface area contributed by atoms with Crippen LogP contribution in [0.2, 0.25) is 0 Å². The van der Waals surface area contributed by atoms with Gasteiger partial charge in [0, 0.05) is 24.2 Å². The summed E-state index contributed by atoms with van der Waals surface area (Å²) in [4.78, 5) is 15.8. The van der Waals surface area contributed by atoms with Crippen molar-refractivity contribution in [1.29, 1.82) is 0 Å². The Labute approximate surface area is 111 Å². The molecule has 94 valence electrons. The standard InChI is InChI=1S/C13H14ClN3O/c1-10(8-14)13(18)16-11-4-2-3-5-12(11)17-7-6-15-9-17/h2-7,9-10H,8H2,1H3,(H,16,18). The third-order valence-corrected chi connectivity index (χ3v) is 3.09. The lowest BCUT2D eigenvalue weighted by Crippen LogP contribution is -2.22. The van der Waals surface area contributed by atoms with Crippen LogP contribution in [0.25, 0.3) is 5.69 Å². The Kier molecular flexibility index (Phi) is 3.99. The molecule has 0 saturated carbocycles. The lowest BCUT2D eigenvalue weighted by molar-refractivity contribution is -0.118. The zero-order valence-corrected chi connectivity index (χ0v) is 10.8. The lowest BCUT2D eigenvalue weighted by atomic mass is 10.2. The first-order valence-corrected chi connectivity index (χ1v) is 6.20. The molecule has 0 bridgehead atoms. The van der Waals surface area contributed by atoms with Crippen LogP contribution in [0.4, 0.5) is 5.69 Å². The Bertz CT molecular complexity index is 525. The zero-order chi connectivity index (χ0) is 13.0. The fourth-order valence-electron chi connectivity index (χ4n) is 1.53. The van der Waals surface area contributed by atoms with Crippen LogP contribution in [0.5, 0.6) is 0 Å². The van der Waals surface area contributed by atoms with E-state index in [1.807, 2.05) is 35.0 Å². The van der Waals surface area contributed by atoms with E-state index in [1.165, 1.54) is 0 Å². The predicted molar refractivity (Wildman–Crippen MR) is 72.1 cm³/mol. The summed E-state index contributed by atoms with van der Waals surface area (Å²) >= 11 is 5.68. The number of halogens is 1. The number of alkyl halides is 1. The molecule has 1 aromatic heterocycles. The molecule has 1 unspecified atom stereocenters. The maximum Gasteiger partial charge on any atom is 0.228 e. The number of rotatable bonds is 4. The number of aromatic nitrogens is 2. The molecule has 0 aliphatic carbocycles. The Morgan fingerprint density at radius 2 is 2.28 bits per heavy atom. The normalized spacial score (nSPS) is 12.1. The number of hydrogen-bond donors (Lipinski definition) is 1. The van der Waals surface area contributed by atoms with E-state index in [1.54, 1.807) is 19.4 Å². The Morgan fingerprint density at radius 1 is 1.50 bits per heavy atom. The molecule has 0 spiro atoms. The number of benzene rings is 1. The summed E-state index contributed by atoms with van der Waals surface area (Å²) < 4.78 is 1.85. The summed E-state index contributed by atoms with van der Waals surface area (Å²) in [5, 5.41) is 2.88. The Balaban J connectivity index is 2.26. The van der Waals surface area contributed by atoms with Gasteiger partial charge in [0.25, 0.3) is 0 Å². The number of para-hydroxylation sites is 2. The van der Waals surface area contributed by atoms with Crippen LogP contribution in [-0.4, -0.2) is 21.3 Å². The van der Waals surface area contributed by atoms with Gasteiger partial charge in [-0.05, 0) is 12.1 Å². The van der Waals surface area contributed by atoms with Crippen molar-refractivity contribution in [1.82, 2.24) is 9.55 Å². The van der Waals surface area contributed by atoms with E-state index in [-0.39, 0.29) is 11.8 Å². The average molecular weight is 264 g/mol. The van der Waals surface area contributed by atoms with Crippen LogP contribution >= 0.6 is 11.6 Å². The highest BCUT2D eigenvalue weighted by molar-refractivity contribution is 6.19. The maximum atomic E-state index is 11.8. The molecular formula is C13H14ClN3O. The van der Waals surface area contributed by atoms with Crippen molar-refractivity contribution in [2.45, 2.75) is 6.92 Å². The topological polar surface area (TPSA) is 46.9 Å². The molecule has 2 aromatic rings. The summed E-state index contributed by atoms with van der Waals surface area (Å²) in [6, 6.07) is 7.56. The van der Waals surface area contributed by atoms with E-state index < -0.39 is 0 Å². The molecular weight excluding hydrogens is 250 g/mol. The Morgan fingerprint density at radius 3 is 2.94 bits per heavy atom. The molecule has 1 atom stereocenters. The van der Waals surface area contributed by atoms with Gasteiger partial charge in [0.2, 0.25) is 5.91 Å². The van der Waals surface area contributed by atoms with Gasteiger partial charge in [0.05, 0.1) is 17.7 Å². The second-order valence-electron chi connectivity index (χ2n) is 4.03. The number of amides is 1. The van der Waals surface area contributed by atoms with Gasteiger partial charge in [-0.25, -0.2) is 4.98 Å². The van der Waals surface area contributed by atoms with E-state index >= 15 is 0 Å². The first kappa shape index (κ1) is 12.6. The number of nitrogens with zero attached hydrogens (tertiary/aromatic N) is 2. The number of nitrogens with one attached hydrogen (secondary N) is 1. The van der Waals surface area contributed by atoms with Gasteiger partial charge in [0.1, 0.15) is 0 Å². The van der Waals surface area contributed by atoms with Crippen molar-refractivity contribution in [2.24, 2.45) is 5.92 Å². The van der Waals surface area contributed by atoms with Crippen LogP contribution in [0, 0.1) is 5.92 Å². The molecule has 0 radical (unpaired) electrons. The molecule has 0 aliphatic rings. The molecule has 1 aromatic carbocycles. The third-order valence-electron chi connectivity index (χ3n) is 2.62. The van der Waals surface area contributed by atoms with Crippen LogP contribution in [0.3, 0.4) is 0 Å². The van der Waals surface area contributed by atoms with Gasteiger partial charge in [-0.3, -0.25) is 4.79 Å². The summed E-state index contributed by atoms with van der Waals surface area (Å²) in [5.41, 5.74) is 1.63. The van der Waals surface area contributed by atoms with Crippen LogP contribution < -0.4 is 5.32 Å². The van der Waals surface area contributed by atoms with Crippen LogP contribution in [0.1, 0.15) is 6.92 Å². The highest BCUT2D eigenvalue weighted by atomic mass is 35.5. The van der Waals surface area contributed by atoms with Crippen molar-refractivity contribution in [3.63, 3.8) is 0 Å². The van der Waals surface area contributed by atoms with Crippen molar-refractivity contribution in [3.05, 3.63) is 43.0 Å². The average Bonchev–Trinajstić information content (AvgIpc) is 2.92. The smallest absolute Gasteiger partial charge is 0.228 e. The SMILES string of the molecule is CC(CCl)C(=O)Nc1ccccc1-n1ccnc1. The maximum absolute atomic E-state index is 11.8. The van der Waals surface area contributed by atoms with Gasteiger partial charge in [-0.1, -0.05) is 19.1 Å². The summed E-state index contributed by atoms with van der Waals surface area (Å²) in [6.07, 6.45) is 5.21. The molecule has 4 nitrogen and oxygen atoms in total. The van der Waals surface area contributed by atoms with E-state index in [9.17, 15) is 4.79 Å². The summed E-state index contributed by atoms with van der Waals surface area (Å²) in [5.74, 6) is -0.000847. The van der Waals surface area contributed by atoms with Gasteiger partial charge >= 0.3 is 0 Å². The Hall–Kier alpha value is -1.81. The zero-order valence-electron chi connectivity index (χ0n) is 10.0. The summed E-state index contributed by atoms with van der Waals surface area (Å²) in [7, 11) is 0. The first-order valence-electron chi connectivity index (χ1n) is 5.66. The van der Waals surface area contributed by atoms with Crippen LogP contribution in [-0.2, 0) is 4.79 Å². The van der Waals surface area contributed by atoms with Crippen molar-refractivity contribution >= 4 is 23.2 Å². The second kappa shape index (κ2) is 5.69. The molecule has 2 rings (SSSR count). The van der Waals surface area contributed by atoms with Gasteiger partial charge < -0.3 is 9.88 Å². The fraction of sp³-hybridized carbons (Fsp3) is 0.231. The minimum Gasteiger partial charge on any atom is -0.324 e. The number of imidazole rings is 1. The van der Waals surface area contributed by atoms with E-state index in [0.29, 0.717) is 5.88 Å². The minimum absolute atomic E-state index is 0.0856. The molecule has 5 heteroatoms. The van der Waals surface area contributed by atoms with Crippen molar-refractivity contribution < 1.29 is 4.79 Å². The molecule has 1 N–H and O–H groups in total. The molecule has 0 aliphatic heterocycles. The first-order chi connectivity index (χ1) is 8.72. The number of hydrogen-bond acceptors (Lipinski definition) is 2. The highest BCUT2D eigenvalue weighted by Gasteiger charge is 2.13. The van der Waals surface area contributed by atoms with Gasteiger partial charge in [0.15, 0.2) is 0 Å². The van der Waals surface area contributed by atoms with Crippen LogP contribution in [0.15, 0.2) is 43.0 Å². The van der Waals surface area contributed by atoms with Gasteiger partial charge in [-0.15, -0.1) is 11.6 Å². The molecule has 0 fully saturated rings. The van der Waals surface area contributed by atoms with E-state index in [0.717, 1.165) is 11.4 Å². The molecule has 0 saturated heterocycles. The van der Waals surface area contributed by atoms with Crippen molar-refractivity contribution in [3.8, 4) is 5.69 Å². The fourth-order valence-corrected chi connectivity index (χ4v) is 1.67. The number of carbonyl (C=O) groups excluding carboxylic acids is 1. The summed E-state index contributed by atoms with van der Waals surface area (Å²) in [6.45, 7) is 1.79. The predicted octanol–water partition coefficient (Wildman–Crippen LogP) is 2.69. The number of carbonyl (C=O) groups is 1. The third kappa shape index (κ3) is 2.71. The monoisotopic (exact) mass is 263 g/mol. The van der Waals surface area contributed by atoms with Gasteiger partial charge in [-0.2, -0.15) is 0 Å². The second-order valence-corrected chi connectivity index (χ2v) is 4.34. The quantitative estimate of drug-likeness (QED) is 0.862. The van der Waals surface area contributed by atoms with E-state index in [2.05, 4.69) is 10.3 Å². The van der Waals surface area contributed by atoms with E-state index in [4.69, 9.17) is 11.6 Å². The minimum atomic E-state index is -0.220.